The van der Waals surface area contributed by atoms with Gasteiger partial charge in [0.05, 0.1) is 6.54 Å². The highest BCUT2D eigenvalue weighted by Gasteiger charge is 2.16. The van der Waals surface area contributed by atoms with Crippen LogP contribution in [0.2, 0.25) is 0 Å². The molecule has 0 saturated heterocycles. The molecule has 1 fully saturated rings. The maximum absolute atomic E-state index is 12.0. The van der Waals surface area contributed by atoms with Crippen molar-refractivity contribution in [3.05, 3.63) is 21.4 Å². The Kier molecular flexibility index (Phi) is 5.61. The minimum Gasteiger partial charge on any atom is -0.352 e. The second-order valence-electron chi connectivity index (χ2n) is 5.87. The van der Waals surface area contributed by atoms with Crippen molar-refractivity contribution >= 4 is 17.2 Å². The molecule has 1 aliphatic rings. The topological polar surface area (TPSA) is 41.1 Å². The number of hydrogen-bond donors (Lipinski definition) is 2. The van der Waals surface area contributed by atoms with Gasteiger partial charge in [-0.3, -0.25) is 4.79 Å². The number of carbonyl (C=O) groups is 1. The van der Waals surface area contributed by atoms with Gasteiger partial charge in [0, 0.05) is 21.8 Å². The Bertz CT molecular complexity index is 449. The third-order valence-electron chi connectivity index (χ3n) is 4.08. The first-order chi connectivity index (χ1) is 9.56. The van der Waals surface area contributed by atoms with E-state index in [0.29, 0.717) is 12.6 Å². The van der Waals surface area contributed by atoms with Crippen molar-refractivity contribution in [1.29, 1.82) is 0 Å². The summed E-state index contributed by atoms with van der Waals surface area (Å²) in [5, 5.41) is 6.48. The van der Waals surface area contributed by atoms with Crippen LogP contribution in [0.1, 0.15) is 60.4 Å². The minimum atomic E-state index is 0.133. The summed E-state index contributed by atoms with van der Waals surface area (Å²) in [6.45, 7) is 6.81. The van der Waals surface area contributed by atoms with Crippen LogP contribution in [0, 0.1) is 13.8 Å². The fourth-order valence-corrected chi connectivity index (χ4v) is 3.98. The SMILES string of the molecule is Cc1cc(C(C)NCC(=O)NC2CCCCC2)c(C)s1. The van der Waals surface area contributed by atoms with Gasteiger partial charge in [-0.1, -0.05) is 19.3 Å². The molecule has 1 atom stereocenters. The van der Waals surface area contributed by atoms with Crippen LogP contribution in [0.15, 0.2) is 6.07 Å². The average molecular weight is 294 g/mol. The van der Waals surface area contributed by atoms with E-state index in [9.17, 15) is 4.79 Å². The first-order valence-electron chi connectivity index (χ1n) is 7.66. The maximum Gasteiger partial charge on any atom is 0.234 e. The van der Waals surface area contributed by atoms with Crippen LogP contribution < -0.4 is 10.6 Å². The van der Waals surface area contributed by atoms with Crippen LogP contribution in [0.5, 0.6) is 0 Å². The highest BCUT2D eigenvalue weighted by Crippen LogP contribution is 2.25. The molecule has 4 heteroatoms. The van der Waals surface area contributed by atoms with Crippen molar-refractivity contribution in [3.63, 3.8) is 0 Å². The quantitative estimate of drug-likeness (QED) is 0.873. The van der Waals surface area contributed by atoms with E-state index in [1.54, 1.807) is 0 Å². The van der Waals surface area contributed by atoms with Crippen LogP contribution in [0.25, 0.3) is 0 Å². The smallest absolute Gasteiger partial charge is 0.234 e. The standard InChI is InChI=1S/C16H26N2OS/c1-11-9-15(13(3)20-11)12(2)17-10-16(19)18-14-7-5-4-6-8-14/h9,12,14,17H,4-8,10H2,1-3H3,(H,18,19). The molecule has 0 aromatic carbocycles. The Balaban J connectivity index is 1.76. The zero-order valence-corrected chi connectivity index (χ0v) is 13.6. The number of hydrogen-bond acceptors (Lipinski definition) is 3. The summed E-state index contributed by atoms with van der Waals surface area (Å²) in [5.41, 5.74) is 1.32. The molecule has 112 valence electrons. The van der Waals surface area contributed by atoms with Gasteiger partial charge in [-0.25, -0.2) is 0 Å². The molecule has 1 amide bonds. The van der Waals surface area contributed by atoms with E-state index >= 15 is 0 Å². The molecule has 0 bridgehead atoms. The van der Waals surface area contributed by atoms with E-state index in [4.69, 9.17) is 0 Å². The Morgan fingerprint density at radius 3 is 2.65 bits per heavy atom. The van der Waals surface area contributed by atoms with Crippen molar-refractivity contribution in [2.45, 2.75) is 65.0 Å². The molecular formula is C16H26N2OS. The lowest BCUT2D eigenvalue weighted by atomic mass is 9.95. The molecule has 20 heavy (non-hydrogen) atoms. The zero-order valence-electron chi connectivity index (χ0n) is 12.8. The molecule has 2 rings (SSSR count). The van der Waals surface area contributed by atoms with E-state index in [0.717, 1.165) is 12.8 Å². The molecular weight excluding hydrogens is 268 g/mol. The number of aryl methyl sites for hydroxylation is 2. The van der Waals surface area contributed by atoms with Crippen LogP contribution in [-0.4, -0.2) is 18.5 Å². The Morgan fingerprint density at radius 1 is 1.35 bits per heavy atom. The van der Waals surface area contributed by atoms with E-state index in [2.05, 4.69) is 37.5 Å². The van der Waals surface area contributed by atoms with Crippen LogP contribution in [-0.2, 0) is 4.79 Å². The second kappa shape index (κ2) is 7.23. The minimum absolute atomic E-state index is 0.133. The van der Waals surface area contributed by atoms with Gasteiger partial charge < -0.3 is 10.6 Å². The number of nitrogens with one attached hydrogen (secondary N) is 2. The van der Waals surface area contributed by atoms with Gasteiger partial charge in [-0.15, -0.1) is 11.3 Å². The molecule has 1 aromatic rings. The van der Waals surface area contributed by atoms with Gasteiger partial charge in [0.1, 0.15) is 0 Å². The molecule has 1 aliphatic carbocycles. The maximum atomic E-state index is 12.0. The van der Waals surface area contributed by atoms with Crippen molar-refractivity contribution in [3.8, 4) is 0 Å². The highest BCUT2D eigenvalue weighted by molar-refractivity contribution is 7.12. The van der Waals surface area contributed by atoms with Crippen molar-refractivity contribution < 1.29 is 4.79 Å². The summed E-state index contributed by atoms with van der Waals surface area (Å²) in [6.07, 6.45) is 6.11. The summed E-state index contributed by atoms with van der Waals surface area (Å²) in [6, 6.07) is 2.85. The van der Waals surface area contributed by atoms with Crippen molar-refractivity contribution in [1.82, 2.24) is 10.6 Å². The summed E-state index contributed by atoms with van der Waals surface area (Å²) in [7, 11) is 0. The Hall–Kier alpha value is -0.870. The van der Waals surface area contributed by atoms with Gasteiger partial charge in [0.25, 0.3) is 0 Å². The van der Waals surface area contributed by atoms with Crippen molar-refractivity contribution in [2.75, 3.05) is 6.54 Å². The highest BCUT2D eigenvalue weighted by atomic mass is 32.1. The predicted molar refractivity (Wildman–Crippen MR) is 85.2 cm³/mol. The van der Waals surface area contributed by atoms with Crippen LogP contribution in [0.4, 0.5) is 0 Å². The Morgan fingerprint density at radius 2 is 2.05 bits per heavy atom. The first-order valence-corrected chi connectivity index (χ1v) is 8.47. The fourth-order valence-electron chi connectivity index (χ4n) is 2.96. The lowest BCUT2D eigenvalue weighted by Crippen LogP contribution is -2.41. The molecule has 1 unspecified atom stereocenters. The van der Waals surface area contributed by atoms with E-state index in [1.807, 2.05) is 11.3 Å². The first kappa shape index (κ1) is 15.5. The molecule has 0 aliphatic heterocycles. The normalized spacial score (nSPS) is 17.9. The average Bonchev–Trinajstić information content (AvgIpc) is 2.76. The summed E-state index contributed by atoms with van der Waals surface area (Å²) < 4.78 is 0. The number of thiophene rings is 1. The molecule has 1 aromatic heterocycles. The third-order valence-corrected chi connectivity index (χ3v) is 5.07. The van der Waals surface area contributed by atoms with E-state index in [-0.39, 0.29) is 11.9 Å². The van der Waals surface area contributed by atoms with E-state index < -0.39 is 0 Å². The van der Waals surface area contributed by atoms with Crippen molar-refractivity contribution in [2.24, 2.45) is 0 Å². The van der Waals surface area contributed by atoms with Crippen LogP contribution >= 0.6 is 11.3 Å². The van der Waals surface area contributed by atoms with Gasteiger partial charge in [-0.2, -0.15) is 0 Å². The Labute approximate surface area is 126 Å². The summed E-state index contributed by atoms with van der Waals surface area (Å²) in [4.78, 5) is 14.6. The molecule has 0 radical (unpaired) electrons. The second-order valence-corrected chi connectivity index (χ2v) is 7.33. The van der Waals surface area contributed by atoms with Gasteiger partial charge in [0.2, 0.25) is 5.91 Å². The molecule has 3 nitrogen and oxygen atoms in total. The zero-order chi connectivity index (χ0) is 14.5. The fraction of sp³-hybridized carbons (Fsp3) is 0.688. The lowest BCUT2D eigenvalue weighted by Gasteiger charge is -2.23. The monoisotopic (exact) mass is 294 g/mol. The number of rotatable bonds is 5. The van der Waals surface area contributed by atoms with Gasteiger partial charge in [0.15, 0.2) is 0 Å². The predicted octanol–water partition coefficient (Wildman–Crippen LogP) is 3.46. The van der Waals surface area contributed by atoms with E-state index in [1.165, 1.54) is 34.6 Å². The number of carbonyl (C=O) groups excluding carboxylic acids is 1. The van der Waals surface area contributed by atoms with Gasteiger partial charge >= 0.3 is 0 Å². The summed E-state index contributed by atoms with van der Waals surface area (Å²) in [5.74, 6) is 0.133. The summed E-state index contributed by atoms with van der Waals surface area (Å²) >= 11 is 1.82. The van der Waals surface area contributed by atoms with Crippen LogP contribution in [0.3, 0.4) is 0 Å². The molecule has 0 spiro atoms. The third kappa shape index (κ3) is 4.32. The molecule has 1 heterocycles. The lowest BCUT2D eigenvalue weighted by molar-refractivity contribution is -0.121. The largest absolute Gasteiger partial charge is 0.352 e. The molecule has 1 saturated carbocycles. The van der Waals surface area contributed by atoms with Gasteiger partial charge in [-0.05, 0) is 45.2 Å². The number of amides is 1. The molecule has 2 N–H and O–H groups in total.